The quantitative estimate of drug-likeness (QED) is 0.765. The van der Waals surface area contributed by atoms with Gasteiger partial charge in [-0.25, -0.2) is 0 Å². The summed E-state index contributed by atoms with van der Waals surface area (Å²) in [6, 6.07) is 9.91. The third kappa shape index (κ3) is 3.10. The van der Waals surface area contributed by atoms with Gasteiger partial charge in [0.15, 0.2) is 0 Å². The molecule has 2 atom stereocenters. The lowest BCUT2D eigenvalue weighted by Gasteiger charge is -2.22. The Morgan fingerprint density at radius 3 is 2.72 bits per heavy atom. The van der Waals surface area contributed by atoms with Crippen LogP contribution in [0.4, 0.5) is 0 Å². The number of hydrogen-bond acceptors (Lipinski definition) is 3. The molecule has 1 aliphatic rings. The molecular weight excluding hydrogens is 226 g/mol. The van der Waals surface area contributed by atoms with Crippen molar-refractivity contribution in [3.8, 4) is 0 Å². The van der Waals surface area contributed by atoms with E-state index in [-0.39, 0.29) is 11.9 Å². The molecule has 1 fully saturated rings. The highest BCUT2D eigenvalue weighted by molar-refractivity contribution is 5.78. The minimum absolute atomic E-state index is 0.138. The molecule has 0 amide bonds. The molecule has 1 saturated heterocycles. The molecule has 18 heavy (non-hydrogen) atoms. The number of methoxy groups -OCH3 is 1. The van der Waals surface area contributed by atoms with E-state index in [4.69, 9.17) is 4.74 Å². The Morgan fingerprint density at radius 2 is 2.17 bits per heavy atom. The second-order valence-electron chi connectivity index (χ2n) is 5.14. The molecule has 0 aromatic heterocycles. The highest BCUT2D eigenvalue weighted by Gasteiger charge is 2.27. The molecule has 3 nitrogen and oxygen atoms in total. The first-order valence-electron chi connectivity index (χ1n) is 6.56. The van der Waals surface area contributed by atoms with Crippen LogP contribution in [0.2, 0.25) is 0 Å². The Balaban J connectivity index is 2.09. The van der Waals surface area contributed by atoms with E-state index in [0.717, 1.165) is 31.1 Å². The summed E-state index contributed by atoms with van der Waals surface area (Å²) < 4.78 is 4.94. The fourth-order valence-corrected chi connectivity index (χ4v) is 2.59. The van der Waals surface area contributed by atoms with Crippen LogP contribution in [0.5, 0.6) is 0 Å². The van der Waals surface area contributed by atoms with Crippen LogP contribution in [0.25, 0.3) is 0 Å². The first-order valence-corrected chi connectivity index (χ1v) is 6.56. The number of likely N-dealkylation sites (tertiary alicyclic amines) is 1. The van der Waals surface area contributed by atoms with Crippen LogP contribution in [0.1, 0.15) is 24.8 Å². The smallest absolute Gasteiger partial charge is 0.314 e. The Kier molecular flexibility index (Phi) is 4.37. The average molecular weight is 247 g/mol. The van der Waals surface area contributed by atoms with Crippen LogP contribution in [-0.4, -0.2) is 37.6 Å². The van der Waals surface area contributed by atoms with Crippen LogP contribution in [0.3, 0.4) is 0 Å². The van der Waals surface area contributed by atoms with E-state index >= 15 is 0 Å². The summed E-state index contributed by atoms with van der Waals surface area (Å²) in [6.45, 7) is 5.19. The third-order valence-electron chi connectivity index (χ3n) is 3.64. The number of rotatable bonds is 4. The molecule has 1 aromatic rings. The molecule has 3 heteroatoms. The average Bonchev–Trinajstić information content (AvgIpc) is 2.82. The maximum Gasteiger partial charge on any atom is 0.314 e. The summed E-state index contributed by atoms with van der Waals surface area (Å²) in [5.41, 5.74) is 1.05. The van der Waals surface area contributed by atoms with Gasteiger partial charge in [-0.15, -0.1) is 0 Å². The molecule has 1 aromatic carbocycles. The lowest BCUT2D eigenvalue weighted by atomic mass is 9.99. The Morgan fingerprint density at radius 1 is 1.44 bits per heavy atom. The molecular formula is C15H21NO2. The number of hydrogen-bond donors (Lipinski definition) is 0. The van der Waals surface area contributed by atoms with Gasteiger partial charge < -0.3 is 9.64 Å². The monoisotopic (exact) mass is 247 g/mol. The molecule has 1 aliphatic heterocycles. The normalized spacial score (nSPS) is 21.8. The van der Waals surface area contributed by atoms with Gasteiger partial charge in [-0.1, -0.05) is 37.3 Å². The SMILES string of the molecule is COC(=O)C(CN1CCC(C)C1)c1ccccc1. The number of benzene rings is 1. The number of carbonyl (C=O) groups is 1. The predicted octanol–water partition coefficient (Wildman–Crippen LogP) is 2.29. The van der Waals surface area contributed by atoms with E-state index in [2.05, 4.69) is 11.8 Å². The van der Waals surface area contributed by atoms with Gasteiger partial charge in [-0.3, -0.25) is 4.79 Å². The largest absolute Gasteiger partial charge is 0.469 e. The van der Waals surface area contributed by atoms with Crippen molar-refractivity contribution in [1.29, 1.82) is 0 Å². The van der Waals surface area contributed by atoms with Crippen molar-refractivity contribution in [3.05, 3.63) is 35.9 Å². The molecule has 1 heterocycles. The second-order valence-corrected chi connectivity index (χ2v) is 5.14. The standard InChI is InChI=1S/C15H21NO2/c1-12-8-9-16(10-12)11-14(15(17)18-2)13-6-4-3-5-7-13/h3-7,12,14H,8-11H2,1-2H3. The minimum atomic E-state index is -0.165. The number of carbonyl (C=O) groups excluding carboxylic acids is 1. The summed E-state index contributed by atoms with van der Waals surface area (Å²) in [6.07, 6.45) is 1.22. The van der Waals surface area contributed by atoms with E-state index in [0.29, 0.717) is 0 Å². The third-order valence-corrected chi connectivity index (χ3v) is 3.64. The molecule has 0 aliphatic carbocycles. The van der Waals surface area contributed by atoms with Crippen molar-refractivity contribution in [2.45, 2.75) is 19.3 Å². The van der Waals surface area contributed by atoms with Crippen LogP contribution in [0, 0.1) is 5.92 Å². The maximum absolute atomic E-state index is 11.9. The van der Waals surface area contributed by atoms with E-state index in [1.807, 2.05) is 30.3 Å². The topological polar surface area (TPSA) is 29.5 Å². The summed E-state index contributed by atoms with van der Waals surface area (Å²) in [4.78, 5) is 14.3. The molecule has 0 radical (unpaired) electrons. The zero-order chi connectivity index (χ0) is 13.0. The van der Waals surface area contributed by atoms with Crippen LogP contribution in [-0.2, 0) is 9.53 Å². The first kappa shape index (κ1) is 13.1. The van der Waals surface area contributed by atoms with Gasteiger partial charge in [-0.2, -0.15) is 0 Å². The van der Waals surface area contributed by atoms with Gasteiger partial charge in [0.25, 0.3) is 0 Å². The van der Waals surface area contributed by atoms with Crippen molar-refractivity contribution >= 4 is 5.97 Å². The molecule has 2 unspecified atom stereocenters. The van der Waals surface area contributed by atoms with Crippen molar-refractivity contribution in [3.63, 3.8) is 0 Å². The van der Waals surface area contributed by atoms with E-state index in [1.165, 1.54) is 13.5 Å². The van der Waals surface area contributed by atoms with Crippen molar-refractivity contribution in [2.75, 3.05) is 26.7 Å². The van der Waals surface area contributed by atoms with Gasteiger partial charge in [-0.05, 0) is 24.4 Å². The highest BCUT2D eigenvalue weighted by atomic mass is 16.5. The van der Waals surface area contributed by atoms with Crippen LogP contribution in [0.15, 0.2) is 30.3 Å². The molecule has 0 saturated carbocycles. The molecule has 0 N–H and O–H groups in total. The zero-order valence-electron chi connectivity index (χ0n) is 11.1. The van der Waals surface area contributed by atoms with Gasteiger partial charge in [0, 0.05) is 13.1 Å². The van der Waals surface area contributed by atoms with E-state index in [9.17, 15) is 4.79 Å². The molecule has 2 rings (SSSR count). The minimum Gasteiger partial charge on any atom is -0.469 e. The van der Waals surface area contributed by atoms with Gasteiger partial charge in [0.2, 0.25) is 0 Å². The van der Waals surface area contributed by atoms with Gasteiger partial charge in [0.1, 0.15) is 0 Å². The second kappa shape index (κ2) is 6.01. The Bertz CT molecular complexity index is 391. The van der Waals surface area contributed by atoms with Crippen molar-refractivity contribution in [1.82, 2.24) is 4.90 Å². The fraction of sp³-hybridized carbons (Fsp3) is 0.533. The summed E-state index contributed by atoms with van der Waals surface area (Å²) in [5, 5.41) is 0. The van der Waals surface area contributed by atoms with E-state index in [1.54, 1.807) is 0 Å². The van der Waals surface area contributed by atoms with Gasteiger partial charge >= 0.3 is 5.97 Å². The van der Waals surface area contributed by atoms with Crippen LogP contribution >= 0.6 is 0 Å². The molecule has 98 valence electrons. The summed E-state index contributed by atoms with van der Waals surface area (Å²) in [5.74, 6) is 0.432. The van der Waals surface area contributed by atoms with Gasteiger partial charge in [0.05, 0.1) is 13.0 Å². The molecule has 0 spiro atoms. The van der Waals surface area contributed by atoms with Crippen LogP contribution < -0.4 is 0 Å². The van der Waals surface area contributed by atoms with Crippen molar-refractivity contribution < 1.29 is 9.53 Å². The summed E-state index contributed by atoms with van der Waals surface area (Å²) in [7, 11) is 1.46. The lowest BCUT2D eigenvalue weighted by molar-refractivity contribution is -0.142. The Labute approximate surface area is 109 Å². The van der Waals surface area contributed by atoms with E-state index < -0.39 is 0 Å². The number of nitrogens with zero attached hydrogens (tertiary/aromatic N) is 1. The Hall–Kier alpha value is -1.35. The lowest BCUT2D eigenvalue weighted by Crippen LogP contribution is -2.31. The summed E-state index contributed by atoms with van der Waals surface area (Å²) >= 11 is 0. The number of esters is 1. The number of ether oxygens (including phenoxy) is 1. The highest BCUT2D eigenvalue weighted by Crippen LogP contribution is 2.23. The molecule has 0 bridgehead atoms. The first-order chi connectivity index (χ1) is 8.70. The fourth-order valence-electron chi connectivity index (χ4n) is 2.59. The predicted molar refractivity (Wildman–Crippen MR) is 71.4 cm³/mol. The zero-order valence-corrected chi connectivity index (χ0v) is 11.1. The maximum atomic E-state index is 11.9. The van der Waals surface area contributed by atoms with Crippen molar-refractivity contribution in [2.24, 2.45) is 5.92 Å².